The van der Waals surface area contributed by atoms with Crippen molar-refractivity contribution >= 4 is 0 Å². The van der Waals surface area contributed by atoms with Crippen LogP contribution in [-0.2, 0) is 0 Å². The molecule has 3 heteroatoms. The van der Waals surface area contributed by atoms with E-state index in [0.717, 1.165) is 0 Å². The number of nitrogens with zero attached hydrogens (tertiary/aromatic N) is 2. The zero-order valence-electron chi connectivity index (χ0n) is 7.50. The predicted molar refractivity (Wildman–Crippen MR) is 42.6 cm³/mol. The summed E-state index contributed by atoms with van der Waals surface area (Å²) in [5, 5.41) is 27.0. The highest BCUT2D eigenvalue weighted by Gasteiger charge is 2.70. The van der Waals surface area contributed by atoms with E-state index >= 15 is 0 Å². The highest BCUT2D eigenvalue weighted by atomic mass is 16.3. The molecule has 0 radical (unpaired) electrons. The van der Waals surface area contributed by atoms with Crippen LogP contribution in [0.2, 0.25) is 0 Å². The first-order valence-electron chi connectivity index (χ1n) is 3.91. The Hall–Kier alpha value is -1.06. The normalized spacial score (nSPS) is 37.1. The Kier molecular flexibility index (Phi) is 1.67. The van der Waals surface area contributed by atoms with Crippen molar-refractivity contribution in [1.82, 2.24) is 0 Å². The summed E-state index contributed by atoms with van der Waals surface area (Å²) in [6.45, 7) is 5.43. The van der Waals surface area contributed by atoms with Crippen molar-refractivity contribution in [3.8, 4) is 12.1 Å². The summed E-state index contributed by atoms with van der Waals surface area (Å²) in [6.07, 6.45) is 0. The highest BCUT2D eigenvalue weighted by Crippen LogP contribution is 2.64. The summed E-state index contributed by atoms with van der Waals surface area (Å²) in [7, 11) is 0. The first-order chi connectivity index (χ1) is 5.39. The second kappa shape index (κ2) is 2.21. The Morgan fingerprint density at radius 1 is 1.25 bits per heavy atom. The molecule has 0 unspecified atom stereocenters. The molecule has 0 saturated heterocycles. The summed E-state index contributed by atoms with van der Waals surface area (Å²) in [5.74, 6) is -0.894. The molecule has 3 nitrogen and oxygen atoms in total. The zero-order valence-corrected chi connectivity index (χ0v) is 7.50. The molecule has 2 atom stereocenters. The molecule has 0 bridgehead atoms. The van der Waals surface area contributed by atoms with Crippen LogP contribution < -0.4 is 0 Å². The van der Waals surface area contributed by atoms with Crippen LogP contribution in [0.1, 0.15) is 20.8 Å². The minimum atomic E-state index is -0.858. The fraction of sp³-hybridized carbons (Fsp3) is 0.778. The van der Waals surface area contributed by atoms with E-state index in [4.69, 9.17) is 10.5 Å². The van der Waals surface area contributed by atoms with E-state index in [-0.39, 0.29) is 11.3 Å². The van der Waals surface area contributed by atoms with Gasteiger partial charge in [0.25, 0.3) is 0 Å². The Labute approximate surface area is 72.2 Å². The van der Waals surface area contributed by atoms with E-state index in [1.54, 1.807) is 6.92 Å². The van der Waals surface area contributed by atoms with Gasteiger partial charge in [-0.05, 0) is 6.92 Å². The predicted octanol–water partition coefficient (Wildman–Crippen LogP) is 1.06. The van der Waals surface area contributed by atoms with E-state index in [9.17, 15) is 5.11 Å². The third-order valence-electron chi connectivity index (χ3n) is 3.22. The van der Waals surface area contributed by atoms with Gasteiger partial charge in [-0.15, -0.1) is 0 Å². The topological polar surface area (TPSA) is 67.8 Å². The summed E-state index contributed by atoms with van der Waals surface area (Å²) in [4.78, 5) is 0. The molecule has 0 heterocycles. The Bertz CT molecular complexity index is 252. The number of nitriles is 2. The molecule has 0 amide bonds. The van der Waals surface area contributed by atoms with Crippen molar-refractivity contribution in [2.24, 2.45) is 17.3 Å². The molecule has 0 aromatic rings. The smallest absolute Gasteiger partial charge is 0.139 e. The maximum Gasteiger partial charge on any atom is 0.139 e. The molecule has 0 aliphatic heterocycles. The lowest BCUT2D eigenvalue weighted by Crippen LogP contribution is -2.11. The first-order valence-corrected chi connectivity index (χ1v) is 3.91. The number of rotatable bonds is 1. The van der Waals surface area contributed by atoms with Crippen molar-refractivity contribution in [1.29, 1.82) is 10.5 Å². The van der Waals surface area contributed by atoms with Crippen molar-refractivity contribution < 1.29 is 5.11 Å². The van der Waals surface area contributed by atoms with Gasteiger partial charge in [0.05, 0.1) is 17.7 Å². The van der Waals surface area contributed by atoms with Crippen LogP contribution in [0.5, 0.6) is 0 Å². The molecule has 64 valence electrons. The van der Waals surface area contributed by atoms with Gasteiger partial charge in [-0.25, -0.2) is 0 Å². The quantitative estimate of drug-likeness (QED) is 0.630. The maximum atomic E-state index is 9.75. The van der Waals surface area contributed by atoms with Gasteiger partial charge in [-0.1, -0.05) is 13.8 Å². The summed E-state index contributed by atoms with van der Waals surface area (Å²) in [6, 6.07) is 3.81. The molecule has 12 heavy (non-hydrogen) atoms. The van der Waals surface area contributed by atoms with Crippen LogP contribution in [0, 0.1) is 39.9 Å². The van der Waals surface area contributed by atoms with Crippen molar-refractivity contribution in [3.63, 3.8) is 0 Å². The average molecular weight is 164 g/mol. The molecule has 1 aliphatic rings. The van der Waals surface area contributed by atoms with Crippen LogP contribution in [0.15, 0.2) is 0 Å². The minimum Gasteiger partial charge on any atom is -0.389 e. The molecule has 1 rings (SSSR count). The standard InChI is InChI=1S/C9H12N2O/c1-8(2)7(9(8,3)12)6(4-10)5-11/h6-7,12H,1-3H3/t7-,9+/m1/s1. The Morgan fingerprint density at radius 3 is 1.67 bits per heavy atom. The number of hydrogen-bond acceptors (Lipinski definition) is 3. The fourth-order valence-corrected chi connectivity index (χ4v) is 1.92. The SMILES string of the molecule is CC1(C)[C@@H](C(C#N)C#N)[C@]1(C)O. The molecule has 1 saturated carbocycles. The maximum absolute atomic E-state index is 9.75. The number of hydrogen-bond donors (Lipinski definition) is 1. The lowest BCUT2D eigenvalue weighted by atomic mass is 10.0. The molecule has 1 N–H and O–H groups in total. The molecule has 0 spiro atoms. The van der Waals surface area contributed by atoms with Gasteiger partial charge >= 0.3 is 0 Å². The third-order valence-corrected chi connectivity index (χ3v) is 3.22. The lowest BCUT2D eigenvalue weighted by Gasteiger charge is -2.03. The van der Waals surface area contributed by atoms with Crippen molar-refractivity contribution in [2.75, 3.05) is 0 Å². The van der Waals surface area contributed by atoms with E-state index < -0.39 is 11.5 Å². The van der Waals surface area contributed by atoms with E-state index in [2.05, 4.69) is 0 Å². The third kappa shape index (κ3) is 0.838. The highest BCUT2D eigenvalue weighted by molar-refractivity contribution is 5.25. The van der Waals surface area contributed by atoms with Gasteiger partial charge < -0.3 is 5.11 Å². The summed E-state index contributed by atoms with van der Waals surface area (Å²) >= 11 is 0. The van der Waals surface area contributed by atoms with Crippen LogP contribution >= 0.6 is 0 Å². The van der Waals surface area contributed by atoms with Crippen molar-refractivity contribution in [2.45, 2.75) is 26.4 Å². The van der Waals surface area contributed by atoms with E-state index in [0.29, 0.717) is 0 Å². The van der Waals surface area contributed by atoms with Gasteiger partial charge in [-0.3, -0.25) is 0 Å². The summed E-state index contributed by atoms with van der Waals surface area (Å²) in [5.41, 5.74) is -1.16. The largest absolute Gasteiger partial charge is 0.389 e. The van der Waals surface area contributed by atoms with Gasteiger partial charge in [0.15, 0.2) is 0 Å². The Balaban J connectivity index is 2.86. The van der Waals surface area contributed by atoms with Crippen LogP contribution in [-0.4, -0.2) is 10.7 Å². The van der Waals surface area contributed by atoms with E-state index in [1.165, 1.54) is 0 Å². The molecular formula is C9H12N2O. The molecule has 0 aromatic heterocycles. The van der Waals surface area contributed by atoms with E-state index in [1.807, 2.05) is 26.0 Å². The molecule has 1 aliphatic carbocycles. The molecule has 0 aromatic carbocycles. The summed E-state index contributed by atoms with van der Waals surface area (Å²) < 4.78 is 0. The van der Waals surface area contributed by atoms with Crippen molar-refractivity contribution in [3.05, 3.63) is 0 Å². The molecular weight excluding hydrogens is 152 g/mol. The second-order valence-corrected chi connectivity index (χ2v) is 4.08. The Morgan fingerprint density at radius 2 is 1.58 bits per heavy atom. The van der Waals surface area contributed by atoms with Crippen LogP contribution in [0.25, 0.3) is 0 Å². The zero-order chi connectivity index (χ0) is 9.57. The minimum absolute atomic E-state index is 0.208. The average Bonchev–Trinajstić information content (AvgIpc) is 2.34. The van der Waals surface area contributed by atoms with Crippen LogP contribution in [0.4, 0.5) is 0 Å². The lowest BCUT2D eigenvalue weighted by molar-refractivity contribution is 0.119. The second-order valence-electron chi connectivity index (χ2n) is 4.08. The number of aliphatic hydroxyl groups is 1. The molecule has 1 fully saturated rings. The van der Waals surface area contributed by atoms with Gasteiger partial charge in [-0.2, -0.15) is 10.5 Å². The monoisotopic (exact) mass is 164 g/mol. The van der Waals surface area contributed by atoms with Crippen LogP contribution in [0.3, 0.4) is 0 Å². The van der Waals surface area contributed by atoms with Gasteiger partial charge in [0.1, 0.15) is 5.92 Å². The fourth-order valence-electron chi connectivity index (χ4n) is 1.92. The first kappa shape index (κ1) is 9.03. The van der Waals surface area contributed by atoms with Gasteiger partial charge in [0, 0.05) is 11.3 Å². The van der Waals surface area contributed by atoms with Gasteiger partial charge in [0.2, 0.25) is 0 Å².